The summed E-state index contributed by atoms with van der Waals surface area (Å²) in [6.45, 7) is 5.72. The third-order valence-electron chi connectivity index (χ3n) is 3.96. The first-order valence-electron chi connectivity index (χ1n) is 7.96. The van der Waals surface area contributed by atoms with Crippen molar-refractivity contribution in [2.75, 3.05) is 6.61 Å². The molecule has 0 aliphatic carbocycles. The van der Waals surface area contributed by atoms with Crippen LogP contribution in [0.15, 0.2) is 24.3 Å². The van der Waals surface area contributed by atoms with Crippen LogP contribution in [-0.2, 0) is 26.2 Å². The van der Waals surface area contributed by atoms with Gasteiger partial charge >= 0.3 is 5.97 Å². The topological polar surface area (TPSA) is 43.4 Å². The Hall–Kier alpha value is -1.29. The number of rotatable bonds is 9. The second-order valence-corrected chi connectivity index (χ2v) is 6.06. The molecule has 0 N–H and O–H groups in total. The Morgan fingerprint density at radius 2 is 1.73 bits per heavy atom. The van der Waals surface area contributed by atoms with Gasteiger partial charge in [-0.15, -0.1) is 12.6 Å². The molecule has 0 aromatic heterocycles. The molecule has 0 heterocycles. The minimum atomic E-state index is -1.35. The zero-order valence-electron chi connectivity index (χ0n) is 13.7. The monoisotopic (exact) mass is 322 g/mol. The van der Waals surface area contributed by atoms with Crippen molar-refractivity contribution in [3.05, 3.63) is 35.4 Å². The van der Waals surface area contributed by atoms with Crippen molar-refractivity contribution in [2.45, 2.75) is 58.3 Å². The highest BCUT2D eigenvalue weighted by atomic mass is 32.1. The number of carbonyl (C=O) groups is 2. The average molecular weight is 322 g/mol. The van der Waals surface area contributed by atoms with Gasteiger partial charge in [-0.2, -0.15) is 0 Å². The van der Waals surface area contributed by atoms with Gasteiger partial charge in [0.2, 0.25) is 5.12 Å². The van der Waals surface area contributed by atoms with Crippen LogP contribution in [0.4, 0.5) is 0 Å². The number of ether oxygens (including phenoxy) is 1. The van der Waals surface area contributed by atoms with E-state index >= 15 is 0 Å². The van der Waals surface area contributed by atoms with Crippen LogP contribution in [0.1, 0.15) is 57.6 Å². The van der Waals surface area contributed by atoms with E-state index in [9.17, 15) is 9.59 Å². The Kier molecular flexibility index (Phi) is 7.66. The predicted molar refractivity (Wildman–Crippen MR) is 92.3 cm³/mol. The van der Waals surface area contributed by atoms with Crippen LogP contribution in [0.2, 0.25) is 0 Å². The van der Waals surface area contributed by atoms with Gasteiger partial charge in [-0.25, -0.2) is 0 Å². The Labute approximate surface area is 138 Å². The summed E-state index contributed by atoms with van der Waals surface area (Å²) in [5, 5.41) is -0.498. The first-order valence-corrected chi connectivity index (χ1v) is 8.41. The number of thiol groups is 1. The Bertz CT molecular complexity index is 496. The van der Waals surface area contributed by atoms with Gasteiger partial charge in [0.05, 0.1) is 6.61 Å². The van der Waals surface area contributed by atoms with Crippen LogP contribution in [0, 0.1) is 0 Å². The van der Waals surface area contributed by atoms with E-state index in [0.717, 1.165) is 12.8 Å². The summed E-state index contributed by atoms with van der Waals surface area (Å²) in [4.78, 5) is 24.0. The van der Waals surface area contributed by atoms with Crippen molar-refractivity contribution in [1.29, 1.82) is 0 Å². The van der Waals surface area contributed by atoms with Gasteiger partial charge in [0.1, 0.15) is 0 Å². The Balaban J connectivity index is 2.85. The van der Waals surface area contributed by atoms with E-state index in [0.29, 0.717) is 5.56 Å². The molecule has 1 atom stereocenters. The fourth-order valence-corrected chi connectivity index (χ4v) is 2.59. The minimum absolute atomic E-state index is 0.241. The van der Waals surface area contributed by atoms with Crippen molar-refractivity contribution >= 4 is 23.7 Å². The summed E-state index contributed by atoms with van der Waals surface area (Å²) in [7, 11) is 0. The van der Waals surface area contributed by atoms with Gasteiger partial charge in [-0.3, -0.25) is 9.59 Å². The molecule has 0 saturated heterocycles. The Morgan fingerprint density at radius 3 is 2.23 bits per heavy atom. The second kappa shape index (κ2) is 8.99. The summed E-state index contributed by atoms with van der Waals surface area (Å²) in [6.07, 6.45) is 5.89. The normalized spacial score (nSPS) is 13.5. The number of esters is 1. The second-order valence-electron chi connectivity index (χ2n) is 5.66. The van der Waals surface area contributed by atoms with Gasteiger partial charge in [-0.05, 0) is 37.8 Å². The van der Waals surface area contributed by atoms with Gasteiger partial charge in [0.25, 0.3) is 0 Å². The molecule has 122 valence electrons. The lowest BCUT2D eigenvalue weighted by Gasteiger charge is -2.24. The summed E-state index contributed by atoms with van der Waals surface area (Å²) >= 11 is 3.89. The van der Waals surface area contributed by atoms with Gasteiger partial charge in [0.15, 0.2) is 5.41 Å². The summed E-state index contributed by atoms with van der Waals surface area (Å²) in [5.41, 5.74) is 0.501. The standard InChI is InChI=1S/C18H26O3S/c1-4-6-7-8-9-14-10-12-15(13-11-14)18(3,17(20)22)16(19)21-5-2/h10-13H,4-9H2,1-3H3,(H,20,22). The fraction of sp³-hybridized carbons (Fsp3) is 0.556. The first kappa shape index (κ1) is 18.8. The van der Waals surface area contributed by atoms with Crippen LogP contribution >= 0.6 is 12.6 Å². The van der Waals surface area contributed by atoms with Gasteiger partial charge in [-0.1, -0.05) is 50.5 Å². The molecule has 0 aliphatic heterocycles. The highest BCUT2D eigenvalue weighted by molar-refractivity contribution is 7.96. The largest absolute Gasteiger partial charge is 0.465 e. The lowest BCUT2D eigenvalue weighted by atomic mass is 9.83. The highest BCUT2D eigenvalue weighted by Gasteiger charge is 2.42. The van der Waals surface area contributed by atoms with E-state index < -0.39 is 16.5 Å². The maximum atomic E-state index is 12.1. The summed E-state index contributed by atoms with van der Waals surface area (Å²) < 4.78 is 5.04. The van der Waals surface area contributed by atoms with Gasteiger partial charge in [0, 0.05) is 0 Å². The number of aryl methyl sites for hydroxylation is 1. The molecule has 1 aromatic rings. The lowest BCUT2D eigenvalue weighted by molar-refractivity contribution is -0.151. The minimum Gasteiger partial charge on any atom is -0.465 e. The molecule has 1 unspecified atom stereocenters. The van der Waals surface area contributed by atoms with Crippen molar-refractivity contribution in [1.82, 2.24) is 0 Å². The van der Waals surface area contributed by atoms with Crippen LogP contribution in [0.3, 0.4) is 0 Å². The van der Waals surface area contributed by atoms with E-state index in [1.807, 2.05) is 24.3 Å². The predicted octanol–water partition coefficient (Wildman–Crippen LogP) is 4.09. The molecule has 0 radical (unpaired) electrons. The number of benzene rings is 1. The molecule has 0 amide bonds. The number of hydrogen-bond acceptors (Lipinski definition) is 3. The number of carbonyl (C=O) groups excluding carboxylic acids is 2. The van der Waals surface area contributed by atoms with Crippen LogP contribution in [-0.4, -0.2) is 17.7 Å². The quantitative estimate of drug-likeness (QED) is 0.322. The van der Waals surface area contributed by atoms with Crippen molar-refractivity contribution < 1.29 is 14.3 Å². The van der Waals surface area contributed by atoms with E-state index in [2.05, 4.69) is 19.6 Å². The fourth-order valence-electron chi connectivity index (χ4n) is 2.36. The van der Waals surface area contributed by atoms with Crippen molar-refractivity contribution in [2.24, 2.45) is 0 Å². The molecule has 4 heteroatoms. The molecular weight excluding hydrogens is 296 g/mol. The summed E-state index contributed by atoms with van der Waals surface area (Å²) in [6, 6.07) is 7.63. The Morgan fingerprint density at radius 1 is 1.09 bits per heavy atom. The smallest absolute Gasteiger partial charge is 0.324 e. The van der Waals surface area contributed by atoms with E-state index in [4.69, 9.17) is 4.74 Å². The highest BCUT2D eigenvalue weighted by Crippen LogP contribution is 2.29. The summed E-state index contributed by atoms with van der Waals surface area (Å²) in [5.74, 6) is -0.550. The first-order chi connectivity index (χ1) is 10.5. The molecule has 0 spiro atoms. The van der Waals surface area contributed by atoms with Crippen molar-refractivity contribution in [3.8, 4) is 0 Å². The van der Waals surface area contributed by atoms with E-state index in [1.165, 1.54) is 24.8 Å². The number of unbranched alkanes of at least 4 members (excludes halogenated alkanes) is 3. The molecule has 0 saturated carbocycles. The molecule has 3 nitrogen and oxygen atoms in total. The zero-order chi connectivity index (χ0) is 16.6. The average Bonchev–Trinajstić information content (AvgIpc) is 2.51. The zero-order valence-corrected chi connectivity index (χ0v) is 14.6. The van der Waals surface area contributed by atoms with Crippen LogP contribution in [0.5, 0.6) is 0 Å². The van der Waals surface area contributed by atoms with Gasteiger partial charge < -0.3 is 4.74 Å². The molecule has 0 fully saturated rings. The maximum Gasteiger partial charge on any atom is 0.324 e. The molecule has 1 rings (SSSR count). The SMILES string of the molecule is CCCCCCc1ccc(C(C)(C(=O)S)C(=O)OCC)cc1. The number of hydrogen-bond donors (Lipinski definition) is 1. The molecule has 0 aliphatic rings. The molecular formula is C18H26O3S. The van der Waals surface area contributed by atoms with E-state index in [1.54, 1.807) is 13.8 Å². The third kappa shape index (κ3) is 4.60. The maximum absolute atomic E-state index is 12.1. The van der Waals surface area contributed by atoms with Crippen LogP contribution < -0.4 is 0 Å². The molecule has 0 bridgehead atoms. The van der Waals surface area contributed by atoms with Crippen molar-refractivity contribution in [3.63, 3.8) is 0 Å². The third-order valence-corrected chi connectivity index (χ3v) is 4.41. The molecule has 1 aromatic carbocycles. The lowest BCUT2D eigenvalue weighted by Crippen LogP contribution is -2.40. The molecule has 22 heavy (non-hydrogen) atoms. The van der Waals surface area contributed by atoms with Crippen LogP contribution in [0.25, 0.3) is 0 Å². The van der Waals surface area contributed by atoms with E-state index in [-0.39, 0.29) is 6.61 Å².